The van der Waals surface area contributed by atoms with Gasteiger partial charge in [-0.3, -0.25) is 15.0 Å². The molecule has 2 atom stereocenters. The minimum atomic E-state index is -0.135. The number of carbonyl (C=O) groups is 1. The van der Waals surface area contributed by atoms with Gasteiger partial charge in [-0.1, -0.05) is 42.5 Å². The Morgan fingerprint density at radius 2 is 1.68 bits per heavy atom. The zero-order valence-electron chi connectivity index (χ0n) is 10.6. The first-order valence-corrected chi connectivity index (χ1v) is 6.55. The monoisotopic (exact) mass is 250 g/mol. The fraction of sp³-hybridized carbons (Fsp3) is 0.188. The Bertz CT molecular complexity index is 680. The topological polar surface area (TPSA) is 32.3 Å². The molecule has 0 saturated carbocycles. The fourth-order valence-electron chi connectivity index (χ4n) is 3.10. The second-order valence-electron chi connectivity index (χ2n) is 5.10. The number of hydrogen-bond donors (Lipinski definition) is 1. The van der Waals surface area contributed by atoms with Crippen LogP contribution in [-0.4, -0.2) is 11.9 Å². The van der Waals surface area contributed by atoms with Crippen LogP contribution in [0.3, 0.4) is 0 Å². The molecule has 2 aromatic carbocycles. The highest BCUT2D eigenvalue weighted by Crippen LogP contribution is 2.45. The van der Waals surface area contributed by atoms with Crippen molar-refractivity contribution in [2.75, 3.05) is 4.90 Å². The first-order valence-electron chi connectivity index (χ1n) is 6.55. The van der Waals surface area contributed by atoms with Crippen LogP contribution < -0.4 is 10.2 Å². The molecule has 0 bridgehead atoms. The van der Waals surface area contributed by atoms with Crippen molar-refractivity contribution in [2.24, 2.45) is 0 Å². The molecular weight excluding hydrogens is 236 g/mol. The van der Waals surface area contributed by atoms with E-state index in [0.717, 1.165) is 11.3 Å². The number of nitrogens with one attached hydrogen (secondary N) is 1. The van der Waals surface area contributed by atoms with Crippen LogP contribution in [0.5, 0.6) is 0 Å². The molecule has 2 aliphatic rings. The highest BCUT2D eigenvalue weighted by atomic mass is 16.2. The predicted molar refractivity (Wildman–Crippen MR) is 74.7 cm³/mol. The maximum absolute atomic E-state index is 12.4. The quantitative estimate of drug-likeness (QED) is 0.779. The number of para-hydroxylation sites is 1. The number of amides is 1. The molecule has 0 aliphatic carbocycles. The molecule has 0 aromatic heterocycles. The second-order valence-corrected chi connectivity index (χ2v) is 5.10. The molecule has 1 N–H and O–H groups in total. The first-order chi connectivity index (χ1) is 9.27. The SMILES string of the molecule is C[C@@H]1N[C@@H]2c3ccccc3-c3ccccc3N2C1=O. The van der Waals surface area contributed by atoms with Crippen LogP contribution in [0.25, 0.3) is 11.1 Å². The average molecular weight is 250 g/mol. The number of hydrogen-bond acceptors (Lipinski definition) is 2. The van der Waals surface area contributed by atoms with Crippen molar-refractivity contribution in [3.8, 4) is 11.1 Å². The zero-order valence-corrected chi connectivity index (χ0v) is 10.6. The lowest BCUT2D eigenvalue weighted by atomic mass is 9.92. The van der Waals surface area contributed by atoms with Gasteiger partial charge in [-0.25, -0.2) is 0 Å². The number of fused-ring (bicyclic) bond motifs is 6. The van der Waals surface area contributed by atoms with E-state index in [0.29, 0.717) is 0 Å². The van der Waals surface area contributed by atoms with E-state index in [-0.39, 0.29) is 18.1 Å². The van der Waals surface area contributed by atoms with Crippen molar-refractivity contribution in [3.05, 3.63) is 54.1 Å². The van der Waals surface area contributed by atoms with Crippen LogP contribution in [0, 0.1) is 0 Å². The maximum Gasteiger partial charge on any atom is 0.245 e. The van der Waals surface area contributed by atoms with E-state index in [4.69, 9.17) is 0 Å². The van der Waals surface area contributed by atoms with E-state index in [1.165, 1.54) is 11.1 Å². The lowest BCUT2D eigenvalue weighted by Gasteiger charge is -2.33. The lowest BCUT2D eigenvalue weighted by Crippen LogP contribution is -2.33. The van der Waals surface area contributed by atoms with Gasteiger partial charge in [-0.2, -0.15) is 0 Å². The van der Waals surface area contributed by atoms with Crippen molar-refractivity contribution in [1.82, 2.24) is 5.32 Å². The summed E-state index contributed by atoms with van der Waals surface area (Å²) in [6.07, 6.45) is -0.0337. The van der Waals surface area contributed by atoms with Gasteiger partial charge in [0, 0.05) is 5.56 Å². The highest BCUT2D eigenvalue weighted by molar-refractivity contribution is 6.05. The van der Waals surface area contributed by atoms with Crippen molar-refractivity contribution in [1.29, 1.82) is 0 Å². The Morgan fingerprint density at radius 1 is 1.00 bits per heavy atom. The summed E-state index contributed by atoms with van der Waals surface area (Å²) < 4.78 is 0. The normalized spacial score (nSPS) is 23.8. The van der Waals surface area contributed by atoms with E-state index in [1.807, 2.05) is 42.2 Å². The highest BCUT2D eigenvalue weighted by Gasteiger charge is 2.42. The Kier molecular flexibility index (Phi) is 2.09. The van der Waals surface area contributed by atoms with Gasteiger partial charge in [0.2, 0.25) is 5.91 Å². The number of benzene rings is 2. The molecule has 1 amide bonds. The molecule has 1 saturated heterocycles. The third-order valence-corrected chi connectivity index (χ3v) is 3.98. The van der Waals surface area contributed by atoms with Crippen LogP contribution in [-0.2, 0) is 4.79 Å². The third-order valence-electron chi connectivity index (χ3n) is 3.98. The standard InChI is InChI=1S/C16H14N2O/c1-10-16(19)18-14-9-5-4-7-12(14)11-6-2-3-8-13(11)15(18)17-10/h2-10,15,17H,1H3/t10-,15-/m0/s1. The van der Waals surface area contributed by atoms with Gasteiger partial charge >= 0.3 is 0 Å². The van der Waals surface area contributed by atoms with Gasteiger partial charge in [0.05, 0.1) is 11.7 Å². The van der Waals surface area contributed by atoms with Crippen LogP contribution >= 0.6 is 0 Å². The average Bonchev–Trinajstić information content (AvgIpc) is 2.76. The van der Waals surface area contributed by atoms with Crippen LogP contribution in [0.2, 0.25) is 0 Å². The van der Waals surface area contributed by atoms with Crippen molar-refractivity contribution in [2.45, 2.75) is 19.1 Å². The van der Waals surface area contributed by atoms with Crippen molar-refractivity contribution < 1.29 is 4.79 Å². The van der Waals surface area contributed by atoms with Gasteiger partial charge in [-0.05, 0) is 24.1 Å². The molecular formula is C16H14N2O. The van der Waals surface area contributed by atoms with Crippen molar-refractivity contribution in [3.63, 3.8) is 0 Å². The molecule has 94 valence electrons. The molecule has 1 fully saturated rings. The molecule has 0 radical (unpaired) electrons. The first kappa shape index (κ1) is 10.8. The summed E-state index contributed by atoms with van der Waals surface area (Å²) in [6, 6.07) is 16.3. The molecule has 2 aromatic rings. The number of carbonyl (C=O) groups excluding carboxylic acids is 1. The fourth-order valence-corrected chi connectivity index (χ4v) is 3.10. The summed E-state index contributed by atoms with van der Waals surface area (Å²) in [5.41, 5.74) is 4.54. The van der Waals surface area contributed by atoms with E-state index < -0.39 is 0 Å². The molecule has 2 heterocycles. The summed E-state index contributed by atoms with van der Waals surface area (Å²) in [7, 11) is 0. The Labute approximate surface area is 111 Å². The van der Waals surface area contributed by atoms with Gasteiger partial charge in [0.15, 0.2) is 0 Å². The Balaban J connectivity index is 2.03. The summed E-state index contributed by atoms with van der Waals surface area (Å²) >= 11 is 0. The minimum absolute atomic E-state index is 0.0337. The van der Waals surface area contributed by atoms with Crippen molar-refractivity contribution >= 4 is 11.6 Å². The van der Waals surface area contributed by atoms with Crippen LogP contribution in [0.1, 0.15) is 18.7 Å². The van der Waals surface area contributed by atoms with E-state index in [9.17, 15) is 4.79 Å². The van der Waals surface area contributed by atoms with E-state index >= 15 is 0 Å². The van der Waals surface area contributed by atoms with E-state index in [2.05, 4.69) is 23.5 Å². The van der Waals surface area contributed by atoms with Crippen LogP contribution in [0.15, 0.2) is 48.5 Å². The second kappa shape index (κ2) is 3.68. The molecule has 3 nitrogen and oxygen atoms in total. The largest absolute Gasteiger partial charge is 0.290 e. The summed E-state index contributed by atoms with van der Waals surface area (Å²) in [5, 5.41) is 3.38. The molecule has 4 rings (SSSR count). The predicted octanol–water partition coefficient (Wildman–Crippen LogP) is 2.69. The summed E-state index contributed by atoms with van der Waals surface area (Å²) in [4.78, 5) is 14.3. The van der Waals surface area contributed by atoms with Crippen LogP contribution in [0.4, 0.5) is 5.69 Å². The molecule has 19 heavy (non-hydrogen) atoms. The maximum atomic E-state index is 12.4. The number of rotatable bonds is 0. The van der Waals surface area contributed by atoms with Gasteiger partial charge < -0.3 is 0 Å². The lowest BCUT2D eigenvalue weighted by molar-refractivity contribution is -0.118. The van der Waals surface area contributed by atoms with Gasteiger partial charge in [0.1, 0.15) is 6.17 Å². The third kappa shape index (κ3) is 1.33. The minimum Gasteiger partial charge on any atom is -0.290 e. The Morgan fingerprint density at radius 3 is 2.53 bits per heavy atom. The number of nitrogens with zero attached hydrogens (tertiary/aromatic N) is 1. The molecule has 0 unspecified atom stereocenters. The number of anilines is 1. The summed E-state index contributed by atoms with van der Waals surface area (Å²) in [5.74, 6) is 0.145. The Hall–Kier alpha value is -2.13. The smallest absolute Gasteiger partial charge is 0.245 e. The van der Waals surface area contributed by atoms with Gasteiger partial charge in [0.25, 0.3) is 0 Å². The van der Waals surface area contributed by atoms with Gasteiger partial charge in [-0.15, -0.1) is 0 Å². The summed E-state index contributed by atoms with van der Waals surface area (Å²) in [6.45, 7) is 1.92. The molecule has 0 spiro atoms. The van der Waals surface area contributed by atoms with E-state index in [1.54, 1.807) is 0 Å². The molecule has 3 heteroatoms. The molecule has 2 aliphatic heterocycles. The zero-order chi connectivity index (χ0) is 13.0.